The third kappa shape index (κ3) is 3.24. The molecule has 0 bridgehead atoms. The quantitative estimate of drug-likeness (QED) is 0.365. The normalized spacial score (nSPS) is 15.0. The molecule has 9 nitrogen and oxygen atoms in total. The molecule has 1 aliphatic heterocycles. The Morgan fingerprint density at radius 2 is 1.76 bits per heavy atom. The van der Waals surface area contributed by atoms with Crippen molar-refractivity contribution in [2.24, 2.45) is 4.99 Å². The predicted octanol–water partition coefficient (Wildman–Crippen LogP) is 2.85. The molecular weight excluding hydrogens is 330 g/mol. The molecule has 1 heterocycles. The van der Waals surface area contributed by atoms with E-state index in [0.29, 0.717) is 0 Å². The maximum Gasteiger partial charge on any atom is 0.363 e. The number of non-ortho nitro benzene ring substituents is 1. The first-order valence-corrected chi connectivity index (χ1v) is 6.96. The molecule has 0 N–H and O–H groups in total. The van der Waals surface area contributed by atoms with Crippen LogP contribution in [0, 0.1) is 20.2 Å². The number of ether oxygens (including phenoxy) is 1. The smallest absolute Gasteiger partial charge is 0.363 e. The van der Waals surface area contributed by atoms with Crippen molar-refractivity contribution < 1.29 is 19.4 Å². The van der Waals surface area contributed by atoms with Crippen LogP contribution in [-0.2, 0) is 9.53 Å². The highest BCUT2D eigenvalue weighted by molar-refractivity contribution is 6.13. The monoisotopic (exact) mass is 339 g/mol. The molecule has 0 saturated heterocycles. The minimum Gasteiger partial charge on any atom is -0.402 e. The molecule has 124 valence electrons. The van der Waals surface area contributed by atoms with Crippen molar-refractivity contribution in [1.82, 2.24) is 0 Å². The van der Waals surface area contributed by atoms with Gasteiger partial charge in [0.15, 0.2) is 5.70 Å². The van der Waals surface area contributed by atoms with Crippen molar-refractivity contribution in [1.29, 1.82) is 0 Å². The van der Waals surface area contributed by atoms with Crippen molar-refractivity contribution in [2.45, 2.75) is 0 Å². The molecule has 0 unspecified atom stereocenters. The van der Waals surface area contributed by atoms with Crippen molar-refractivity contribution in [3.63, 3.8) is 0 Å². The van der Waals surface area contributed by atoms with Crippen LogP contribution >= 0.6 is 0 Å². The lowest BCUT2D eigenvalue weighted by atomic mass is 10.1. The molecule has 2 aromatic carbocycles. The molecule has 0 radical (unpaired) electrons. The van der Waals surface area contributed by atoms with E-state index in [-0.39, 0.29) is 34.1 Å². The number of nitrogens with zero attached hydrogens (tertiary/aromatic N) is 3. The largest absolute Gasteiger partial charge is 0.402 e. The third-order valence-electron chi connectivity index (χ3n) is 3.35. The lowest BCUT2D eigenvalue weighted by Crippen LogP contribution is -2.05. The van der Waals surface area contributed by atoms with Gasteiger partial charge < -0.3 is 4.74 Å². The summed E-state index contributed by atoms with van der Waals surface area (Å²) in [5.74, 6) is -0.891. The molecule has 0 fully saturated rings. The Hall–Kier alpha value is -3.88. The first-order chi connectivity index (χ1) is 12.0. The number of para-hydroxylation sites is 1. The lowest BCUT2D eigenvalue weighted by molar-refractivity contribution is -0.385. The lowest BCUT2D eigenvalue weighted by Gasteiger charge is -1.98. The van der Waals surface area contributed by atoms with Gasteiger partial charge in [-0.05, 0) is 18.2 Å². The van der Waals surface area contributed by atoms with Gasteiger partial charge >= 0.3 is 5.97 Å². The molecule has 2 aromatic rings. The summed E-state index contributed by atoms with van der Waals surface area (Å²) in [6.45, 7) is 0. The van der Waals surface area contributed by atoms with E-state index in [0.717, 1.165) is 0 Å². The van der Waals surface area contributed by atoms with E-state index in [1.165, 1.54) is 48.5 Å². The zero-order valence-electron chi connectivity index (χ0n) is 12.5. The summed E-state index contributed by atoms with van der Waals surface area (Å²) in [6.07, 6.45) is 1.24. The summed E-state index contributed by atoms with van der Waals surface area (Å²) in [5, 5.41) is 21.8. The van der Waals surface area contributed by atoms with Gasteiger partial charge in [0.05, 0.1) is 15.4 Å². The van der Waals surface area contributed by atoms with E-state index in [1.54, 1.807) is 6.07 Å². The highest BCUT2D eigenvalue weighted by Crippen LogP contribution is 2.25. The number of esters is 1. The number of rotatable bonds is 4. The second-order valence-electron chi connectivity index (χ2n) is 4.96. The topological polar surface area (TPSA) is 125 Å². The predicted molar refractivity (Wildman–Crippen MR) is 86.8 cm³/mol. The maximum absolute atomic E-state index is 12.0. The van der Waals surface area contributed by atoms with Gasteiger partial charge in [-0.3, -0.25) is 20.2 Å². The standard InChI is InChI=1S/C16H9N3O6/c20-16-13(9-10-4-1-2-7-14(10)19(23)24)17-15(25-16)11-5-3-6-12(8-11)18(21)22/h1-9H/b13-9+. The Bertz CT molecular complexity index is 964. The van der Waals surface area contributed by atoms with Crippen molar-refractivity contribution in [2.75, 3.05) is 0 Å². The molecule has 0 aliphatic carbocycles. The minimum atomic E-state index is -0.792. The highest BCUT2D eigenvalue weighted by atomic mass is 16.6. The van der Waals surface area contributed by atoms with Crippen LogP contribution in [0.1, 0.15) is 11.1 Å². The molecule has 1 aliphatic rings. The number of aliphatic imine (C=N–C) groups is 1. The molecule has 3 rings (SSSR count). The molecule has 0 amide bonds. The molecule has 0 atom stereocenters. The maximum atomic E-state index is 12.0. The molecule has 25 heavy (non-hydrogen) atoms. The van der Waals surface area contributed by atoms with Gasteiger partial charge in [0.1, 0.15) is 0 Å². The van der Waals surface area contributed by atoms with Gasteiger partial charge in [-0.15, -0.1) is 0 Å². The number of carbonyl (C=O) groups excluding carboxylic acids is 1. The van der Waals surface area contributed by atoms with E-state index >= 15 is 0 Å². The number of benzene rings is 2. The van der Waals surface area contributed by atoms with E-state index in [1.807, 2.05) is 0 Å². The number of nitro benzene ring substituents is 2. The third-order valence-corrected chi connectivity index (χ3v) is 3.35. The molecular formula is C16H9N3O6. The Morgan fingerprint density at radius 1 is 1.00 bits per heavy atom. The Labute approximate surface area is 140 Å². The zero-order valence-corrected chi connectivity index (χ0v) is 12.5. The fourth-order valence-corrected chi connectivity index (χ4v) is 2.21. The average molecular weight is 339 g/mol. The van der Waals surface area contributed by atoms with Crippen LogP contribution in [0.15, 0.2) is 59.2 Å². The molecule has 9 heteroatoms. The van der Waals surface area contributed by atoms with E-state index in [4.69, 9.17) is 4.74 Å². The second-order valence-corrected chi connectivity index (χ2v) is 4.96. The minimum absolute atomic E-state index is 0.0986. The molecule has 0 saturated carbocycles. The van der Waals surface area contributed by atoms with Crippen molar-refractivity contribution >= 4 is 29.3 Å². The summed E-state index contributed by atoms with van der Waals surface area (Å²) in [5.41, 5.74) is -0.0259. The Kier molecular flexibility index (Phi) is 4.04. The summed E-state index contributed by atoms with van der Waals surface area (Å²) >= 11 is 0. The van der Waals surface area contributed by atoms with Gasteiger partial charge in [0.2, 0.25) is 5.90 Å². The van der Waals surface area contributed by atoms with Crippen LogP contribution in [-0.4, -0.2) is 21.7 Å². The van der Waals surface area contributed by atoms with Crippen molar-refractivity contribution in [3.8, 4) is 0 Å². The highest BCUT2D eigenvalue weighted by Gasteiger charge is 2.26. The van der Waals surface area contributed by atoms with Gasteiger partial charge in [-0.2, -0.15) is 0 Å². The molecule has 0 spiro atoms. The van der Waals surface area contributed by atoms with Crippen LogP contribution in [0.25, 0.3) is 6.08 Å². The average Bonchev–Trinajstić information content (AvgIpc) is 2.96. The van der Waals surface area contributed by atoms with Gasteiger partial charge in [0, 0.05) is 23.8 Å². The summed E-state index contributed by atoms with van der Waals surface area (Å²) in [4.78, 5) is 36.6. The van der Waals surface area contributed by atoms with Crippen LogP contribution in [0.5, 0.6) is 0 Å². The zero-order chi connectivity index (χ0) is 18.0. The second kappa shape index (κ2) is 6.32. The summed E-state index contributed by atoms with van der Waals surface area (Å²) < 4.78 is 5.02. The fraction of sp³-hybridized carbons (Fsp3) is 0. The number of hydrogen-bond donors (Lipinski definition) is 0. The summed E-state index contributed by atoms with van der Waals surface area (Å²) in [7, 11) is 0. The number of hydrogen-bond acceptors (Lipinski definition) is 7. The summed E-state index contributed by atoms with van der Waals surface area (Å²) in [6, 6.07) is 11.3. The van der Waals surface area contributed by atoms with E-state index in [9.17, 15) is 25.0 Å². The first-order valence-electron chi connectivity index (χ1n) is 6.96. The van der Waals surface area contributed by atoms with Crippen LogP contribution < -0.4 is 0 Å². The fourth-order valence-electron chi connectivity index (χ4n) is 2.21. The van der Waals surface area contributed by atoms with Crippen LogP contribution in [0.3, 0.4) is 0 Å². The van der Waals surface area contributed by atoms with Gasteiger partial charge in [-0.1, -0.05) is 18.2 Å². The SMILES string of the molecule is O=C1OC(c2cccc([N+](=O)[O-])c2)=N/C1=C/c1ccccc1[N+](=O)[O-]. The Morgan fingerprint density at radius 3 is 2.48 bits per heavy atom. The van der Waals surface area contributed by atoms with Crippen LogP contribution in [0.4, 0.5) is 11.4 Å². The van der Waals surface area contributed by atoms with Crippen LogP contribution in [0.2, 0.25) is 0 Å². The van der Waals surface area contributed by atoms with E-state index < -0.39 is 15.8 Å². The van der Waals surface area contributed by atoms with Crippen molar-refractivity contribution in [3.05, 3.63) is 85.6 Å². The number of cyclic esters (lactones) is 1. The van der Waals surface area contributed by atoms with Gasteiger partial charge in [-0.25, -0.2) is 9.79 Å². The van der Waals surface area contributed by atoms with E-state index in [2.05, 4.69) is 4.99 Å². The molecule has 0 aromatic heterocycles. The number of nitro groups is 2. The van der Waals surface area contributed by atoms with Gasteiger partial charge in [0.25, 0.3) is 11.4 Å². The first kappa shape index (κ1) is 16.0. The Balaban J connectivity index is 2.00. The number of carbonyl (C=O) groups is 1.